The normalized spacial score (nSPS) is 21.0. The topological polar surface area (TPSA) is 63.9 Å². The lowest BCUT2D eigenvalue weighted by atomic mass is 9.95. The van der Waals surface area contributed by atoms with Gasteiger partial charge in [-0.2, -0.15) is 4.98 Å². The average Bonchev–Trinajstić information content (AvgIpc) is 3.32. The van der Waals surface area contributed by atoms with Crippen LogP contribution in [0.1, 0.15) is 42.3 Å². The van der Waals surface area contributed by atoms with Crippen molar-refractivity contribution in [3.63, 3.8) is 0 Å². The Hall–Kier alpha value is -2.14. The summed E-state index contributed by atoms with van der Waals surface area (Å²) >= 11 is 0. The number of rotatable bonds is 2. The van der Waals surface area contributed by atoms with Gasteiger partial charge in [0, 0.05) is 34.7 Å². The van der Waals surface area contributed by atoms with E-state index in [1.807, 2.05) is 0 Å². The Kier molecular flexibility index (Phi) is 3.01. The second-order valence-corrected chi connectivity index (χ2v) is 6.57. The second kappa shape index (κ2) is 5.20. The minimum Gasteiger partial charge on any atom is -0.381 e. The first kappa shape index (κ1) is 13.3. The molecule has 1 aromatic carbocycles. The van der Waals surface area contributed by atoms with Gasteiger partial charge >= 0.3 is 0 Å². The van der Waals surface area contributed by atoms with Crippen LogP contribution in [0.3, 0.4) is 0 Å². The van der Waals surface area contributed by atoms with Crippen LogP contribution in [0.2, 0.25) is 0 Å². The summed E-state index contributed by atoms with van der Waals surface area (Å²) < 4.78 is 10.9. The van der Waals surface area contributed by atoms with Crippen molar-refractivity contribution in [3.05, 3.63) is 35.3 Å². The van der Waals surface area contributed by atoms with E-state index in [1.54, 1.807) is 0 Å². The summed E-state index contributed by atoms with van der Waals surface area (Å²) in [6, 6.07) is 6.41. The largest absolute Gasteiger partial charge is 0.381 e. The van der Waals surface area contributed by atoms with Crippen molar-refractivity contribution >= 4 is 10.9 Å². The maximum absolute atomic E-state index is 5.48. The van der Waals surface area contributed by atoms with Gasteiger partial charge in [-0.3, -0.25) is 0 Å². The van der Waals surface area contributed by atoms with E-state index in [2.05, 4.69) is 33.3 Å². The number of aromatic amines is 1. The Bertz CT molecular complexity index is 858. The molecule has 0 saturated carbocycles. The van der Waals surface area contributed by atoms with Crippen molar-refractivity contribution in [2.45, 2.75) is 38.0 Å². The summed E-state index contributed by atoms with van der Waals surface area (Å²) in [4.78, 5) is 8.16. The lowest BCUT2D eigenvalue weighted by Crippen LogP contribution is -1.99. The third kappa shape index (κ3) is 2.18. The van der Waals surface area contributed by atoms with Crippen LogP contribution in [-0.4, -0.2) is 28.3 Å². The van der Waals surface area contributed by atoms with Crippen LogP contribution in [0.15, 0.2) is 22.7 Å². The number of aryl methyl sites for hydroxylation is 2. The van der Waals surface area contributed by atoms with Gasteiger partial charge in [0.2, 0.25) is 0 Å². The molecule has 2 aromatic heterocycles. The molecule has 2 aliphatic rings. The first-order valence-corrected chi connectivity index (χ1v) is 8.44. The standard InChI is InChI=1S/C18H19N3O2/c1-2-4-15-13(3-1)14-6-5-11(9-16(14)19-15)18-20-17(21-23-18)12-7-8-22-10-12/h5-6,9,12,19H,1-4,7-8,10H2. The molecular formula is C18H19N3O2. The molecule has 0 bridgehead atoms. The van der Waals surface area contributed by atoms with Gasteiger partial charge in [0.25, 0.3) is 5.89 Å². The Morgan fingerprint density at radius 1 is 1.17 bits per heavy atom. The maximum Gasteiger partial charge on any atom is 0.258 e. The van der Waals surface area contributed by atoms with E-state index in [4.69, 9.17) is 9.26 Å². The molecule has 1 aliphatic carbocycles. The quantitative estimate of drug-likeness (QED) is 0.785. The molecule has 3 heterocycles. The molecule has 1 unspecified atom stereocenters. The molecule has 118 valence electrons. The summed E-state index contributed by atoms with van der Waals surface area (Å²) in [6.07, 6.45) is 5.88. The lowest BCUT2D eigenvalue weighted by molar-refractivity contribution is 0.192. The van der Waals surface area contributed by atoms with E-state index in [0.29, 0.717) is 12.5 Å². The molecule has 0 radical (unpaired) electrons. The van der Waals surface area contributed by atoms with Gasteiger partial charge in [-0.25, -0.2) is 0 Å². The van der Waals surface area contributed by atoms with Gasteiger partial charge in [0.05, 0.1) is 6.61 Å². The van der Waals surface area contributed by atoms with E-state index in [9.17, 15) is 0 Å². The van der Waals surface area contributed by atoms with Crippen molar-refractivity contribution in [1.29, 1.82) is 0 Å². The fourth-order valence-electron chi connectivity index (χ4n) is 3.80. The Labute approximate surface area is 134 Å². The van der Waals surface area contributed by atoms with Gasteiger partial charge in [-0.15, -0.1) is 0 Å². The highest BCUT2D eigenvalue weighted by atomic mass is 16.5. The third-order valence-corrected chi connectivity index (χ3v) is 5.08. The molecular weight excluding hydrogens is 290 g/mol. The van der Waals surface area contributed by atoms with Crippen molar-refractivity contribution in [2.24, 2.45) is 0 Å². The van der Waals surface area contributed by atoms with Crippen LogP contribution in [0, 0.1) is 0 Å². The summed E-state index contributed by atoms with van der Waals surface area (Å²) in [7, 11) is 0. The monoisotopic (exact) mass is 309 g/mol. The zero-order valence-electron chi connectivity index (χ0n) is 13.0. The van der Waals surface area contributed by atoms with Crippen LogP contribution in [0.25, 0.3) is 22.4 Å². The third-order valence-electron chi connectivity index (χ3n) is 5.08. The van der Waals surface area contributed by atoms with Crippen molar-refractivity contribution in [3.8, 4) is 11.5 Å². The molecule has 5 rings (SSSR count). The molecule has 1 atom stereocenters. The van der Waals surface area contributed by atoms with E-state index in [0.717, 1.165) is 30.8 Å². The van der Waals surface area contributed by atoms with E-state index >= 15 is 0 Å². The lowest BCUT2D eigenvalue weighted by Gasteiger charge is -2.10. The molecule has 0 amide bonds. The van der Waals surface area contributed by atoms with Crippen LogP contribution in [-0.2, 0) is 17.6 Å². The highest BCUT2D eigenvalue weighted by Gasteiger charge is 2.24. The first-order valence-electron chi connectivity index (χ1n) is 8.44. The van der Waals surface area contributed by atoms with Crippen molar-refractivity contribution in [2.75, 3.05) is 13.2 Å². The summed E-state index contributed by atoms with van der Waals surface area (Å²) in [5.74, 6) is 1.64. The number of hydrogen-bond donors (Lipinski definition) is 1. The van der Waals surface area contributed by atoms with Crippen molar-refractivity contribution < 1.29 is 9.26 Å². The van der Waals surface area contributed by atoms with Gasteiger partial charge < -0.3 is 14.2 Å². The predicted molar refractivity (Wildman–Crippen MR) is 86.4 cm³/mol. The minimum absolute atomic E-state index is 0.272. The number of nitrogens with one attached hydrogen (secondary N) is 1. The van der Waals surface area contributed by atoms with Crippen LogP contribution < -0.4 is 0 Å². The van der Waals surface area contributed by atoms with Crippen LogP contribution >= 0.6 is 0 Å². The molecule has 3 aromatic rings. The van der Waals surface area contributed by atoms with Gasteiger partial charge in [0.1, 0.15) is 0 Å². The number of aromatic nitrogens is 3. The van der Waals surface area contributed by atoms with Gasteiger partial charge in [-0.1, -0.05) is 11.2 Å². The number of H-pyrrole nitrogens is 1. The van der Waals surface area contributed by atoms with E-state index in [-0.39, 0.29) is 5.92 Å². The number of fused-ring (bicyclic) bond motifs is 3. The van der Waals surface area contributed by atoms with E-state index < -0.39 is 0 Å². The SMILES string of the molecule is c1cc2c3c([nH]c2cc1-c1nc(C2CCOC2)no1)CCCC3. The van der Waals surface area contributed by atoms with Gasteiger partial charge in [0.15, 0.2) is 5.82 Å². The summed E-state index contributed by atoms with van der Waals surface area (Å²) in [5, 5.41) is 5.48. The second-order valence-electron chi connectivity index (χ2n) is 6.57. The number of hydrogen-bond acceptors (Lipinski definition) is 4. The first-order chi connectivity index (χ1) is 11.4. The highest BCUT2D eigenvalue weighted by Crippen LogP contribution is 2.32. The van der Waals surface area contributed by atoms with Crippen LogP contribution in [0.5, 0.6) is 0 Å². The molecule has 5 heteroatoms. The Morgan fingerprint density at radius 3 is 3.04 bits per heavy atom. The van der Waals surface area contributed by atoms with Crippen molar-refractivity contribution in [1.82, 2.24) is 15.1 Å². The number of ether oxygens (including phenoxy) is 1. The molecule has 1 fully saturated rings. The molecule has 0 spiro atoms. The molecule has 1 saturated heterocycles. The smallest absolute Gasteiger partial charge is 0.258 e. The zero-order valence-corrected chi connectivity index (χ0v) is 13.0. The highest BCUT2D eigenvalue weighted by molar-refractivity contribution is 5.88. The molecule has 23 heavy (non-hydrogen) atoms. The van der Waals surface area contributed by atoms with Gasteiger partial charge in [-0.05, 0) is 49.8 Å². The summed E-state index contributed by atoms with van der Waals surface area (Å²) in [5.41, 5.74) is 5.05. The molecule has 1 aliphatic heterocycles. The fourth-order valence-corrected chi connectivity index (χ4v) is 3.80. The minimum atomic E-state index is 0.272. The Balaban J connectivity index is 1.53. The Morgan fingerprint density at radius 2 is 2.13 bits per heavy atom. The average molecular weight is 309 g/mol. The fraction of sp³-hybridized carbons (Fsp3) is 0.444. The zero-order chi connectivity index (χ0) is 15.2. The number of benzene rings is 1. The van der Waals surface area contributed by atoms with E-state index in [1.165, 1.54) is 41.4 Å². The molecule has 1 N–H and O–H groups in total. The predicted octanol–water partition coefficient (Wildman–Crippen LogP) is 3.60. The number of nitrogens with zero attached hydrogens (tertiary/aromatic N) is 2. The maximum atomic E-state index is 5.48. The molecule has 5 nitrogen and oxygen atoms in total. The van der Waals surface area contributed by atoms with Crippen LogP contribution in [0.4, 0.5) is 0 Å². The summed E-state index contributed by atoms with van der Waals surface area (Å²) in [6.45, 7) is 1.48.